The van der Waals surface area contributed by atoms with Gasteiger partial charge in [0.1, 0.15) is 0 Å². The first-order chi connectivity index (χ1) is 14.6. The lowest BCUT2D eigenvalue weighted by molar-refractivity contribution is -0.0832. The Labute approximate surface area is 180 Å². The van der Waals surface area contributed by atoms with Gasteiger partial charge in [-0.05, 0) is 87.6 Å². The third-order valence-electron chi connectivity index (χ3n) is 6.44. The average Bonchev–Trinajstić information content (AvgIpc) is 3.20. The van der Waals surface area contributed by atoms with E-state index < -0.39 is 0 Å². The molecule has 2 aliphatic heterocycles. The molecule has 0 aromatic heterocycles. The van der Waals surface area contributed by atoms with Crippen molar-refractivity contribution in [3.05, 3.63) is 59.7 Å². The molecule has 0 unspecified atom stereocenters. The van der Waals surface area contributed by atoms with Gasteiger partial charge in [0.05, 0.1) is 5.60 Å². The van der Waals surface area contributed by atoms with Gasteiger partial charge in [-0.15, -0.1) is 0 Å². The van der Waals surface area contributed by atoms with Crippen LogP contribution in [0.2, 0.25) is 0 Å². The van der Waals surface area contributed by atoms with E-state index in [1.165, 1.54) is 36.8 Å². The van der Waals surface area contributed by atoms with E-state index in [4.69, 9.17) is 14.2 Å². The van der Waals surface area contributed by atoms with E-state index in [0.717, 1.165) is 43.5 Å². The quantitative estimate of drug-likeness (QED) is 0.567. The predicted molar refractivity (Wildman–Crippen MR) is 120 cm³/mol. The Balaban J connectivity index is 1.28. The fraction of sp³-hybridized carbons (Fsp3) is 0.538. The number of rotatable bonds is 9. The Morgan fingerprint density at radius 1 is 1.03 bits per heavy atom. The molecule has 0 radical (unpaired) electrons. The average molecular weight is 410 g/mol. The molecule has 4 rings (SSSR count). The lowest BCUT2D eigenvalue weighted by atomic mass is 9.75. The fourth-order valence-electron chi connectivity index (χ4n) is 4.88. The van der Waals surface area contributed by atoms with Gasteiger partial charge < -0.3 is 19.5 Å². The summed E-state index contributed by atoms with van der Waals surface area (Å²) in [5, 5.41) is 3.61. The fourth-order valence-corrected chi connectivity index (χ4v) is 4.88. The number of hydrogen-bond acceptors (Lipinski definition) is 4. The molecule has 4 nitrogen and oxygen atoms in total. The zero-order chi connectivity index (χ0) is 20.8. The summed E-state index contributed by atoms with van der Waals surface area (Å²) in [7, 11) is 0. The zero-order valence-electron chi connectivity index (χ0n) is 18.4. The van der Waals surface area contributed by atoms with Gasteiger partial charge in [0, 0.05) is 13.2 Å². The molecule has 2 aromatic rings. The number of hydrogen-bond donors (Lipinski definition) is 1. The third kappa shape index (κ3) is 5.77. The van der Waals surface area contributed by atoms with Crippen LogP contribution in [0, 0.1) is 11.8 Å². The lowest BCUT2D eigenvalue weighted by Gasteiger charge is -2.39. The van der Waals surface area contributed by atoms with Crippen LogP contribution in [-0.4, -0.2) is 25.5 Å². The van der Waals surface area contributed by atoms with Gasteiger partial charge in [0.2, 0.25) is 6.79 Å². The van der Waals surface area contributed by atoms with Crippen molar-refractivity contribution >= 4 is 0 Å². The first kappa shape index (κ1) is 21.2. The minimum absolute atomic E-state index is 0.00938. The minimum atomic E-state index is 0.00938. The van der Waals surface area contributed by atoms with Gasteiger partial charge in [-0.2, -0.15) is 0 Å². The molecule has 162 valence electrons. The predicted octanol–water partition coefficient (Wildman–Crippen LogP) is 5.35. The molecule has 1 fully saturated rings. The van der Waals surface area contributed by atoms with E-state index >= 15 is 0 Å². The molecule has 2 aliphatic rings. The molecule has 0 aliphatic carbocycles. The number of benzene rings is 2. The summed E-state index contributed by atoms with van der Waals surface area (Å²) >= 11 is 0. The van der Waals surface area contributed by atoms with Crippen LogP contribution in [0.1, 0.15) is 50.7 Å². The van der Waals surface area contributed by atoms with Crippen molar-refractivity contribution in [2.24, 2.45) is 11.8 Å². The summed E-state index contributed by atoms with van der Waals surface area (Å²) in [6, 6.07) is 17.2. The summed E-state index contributed by atoms with van der Waals surface area (Å²) in [5.74, 6) is 3.16. The smallest absolute Gasteiger partial charge is 0.231 e. The highest BCUT2D eigenvalue weighted by molar-refractivity contribution is 5.44. The van der Waals surface area contributed by atoms with Crippen LogP contribution in [-0.2, 0) is 17.7 Å². The third-order valence-corrected chi connectivity index (χ3v) is 6.44. The maximum atomic E-state index is 5.99. The first-order valence-electron chi connectivity index (χ1n) is 11.4. The van der Waals surface area contributed by atoms with Crippen molar-refractivity contribution < 1.29 is 14.2 Å². The van der Waals surface area contributed by atoms with E-state index in [0.29, 0.717) is 12.7 Å². The molecule has 0 amide bonds. The molecule has 2 heterocycles. The SMILES string of the molecule is CC1(C)C[C@H]([C@@H](CCCNCc2ccc3c(c2)OCO3)Cc2ccccc2)CCO1. The van der Waals surface area contributed by atoms with Crippen LogP contribution in [0.4, 0.5) is 0 Å². The topological polar surface area (TPSA) is 39.7 Å². The second-order valence-corrected chi connectivity index (χ2v) is 9.32. The van der Waals surface area contributed by atoms with Gasteiger partial charge in [-0.25, -0.2) is 0 Å². The summed E-state index contributed by atoms with van der Waals surface area (Å²) in [6.07, 6.45) is 5.97. The molecule has 30 heavy (non-hydrogen) atoms. The molecular weight excluding hydrogens is 374 g/mol. The zero-order valence-corrected chi connectivity index (χ0v) is 18.4. The van der Waals surface area contributed by atoms with E-state index in [2.05, 4.69) is 61.6 Å². The van der Waals surface area contributed by atoms with Crippen LogP contribution < -0.4 is 14.8 Å². The maximum absolute atomic E-state index is 5.99. The van der Waals surface area contributed by atoms with Crippen LogP contribution in [0.15, 0.2) is 48.5 Å². The van der Waals surface area contributed by atoms with Crippen LogP contribution in [0.3, 0.4) is 0 Å². The van der Waals surface area contributed by atoms with E-state index in [1.54, 1.807) is 0 Å². The Morgan fingerprint density at radius 3 is 2.70 bits per heavy atom. The summed E-state index contributed by atoms with van der Waals surface area (Å²) in [6.45, 7) is 7.61. The number of ether oxygens (including phenoxy) is 3. The second kappa shape index (κ2) is 9.84. The summed E-state index contributed by atoms with van der Waals surface area (Å²) < 4.78 is 16.9. The van der Waals surface area contributed by atoms with Crippen molar-refractivity contribution in [3.63, 3.8) is 0 Å². The number of nitrogens with one attached hydrogen (secondary N) is 1. The van der Waals surface area contributed by atoms with Crippen LogP contribution in [0.5, 0.6) is 11.5 Å². The summed E-state index contributed by atoms with van der Waals surface area (Å²) in [5.41, 5.74) is 2.71. The minimum Gasteiger partial charge on any atom is -0.454 e. The van der Waals surface area contributed by atoms with Crippen LogP contribution in [0.25, 0.3) is 0 Å². The molecule has 2 atom stereocenters. The molecule has 0 saturated carbocycles. The highest BCUT2D eigenvalue weighted by Crippen LogP contribution is 2.37. The van der Waals surface area contributed by atoms with Crippen molar-refractivity contribution in [1.29, 1.82) is 0 Å². The Morgan fingerprint density at radius 2 is 1.87 bits per heavy atom. The van der Waals surface area contributed by atoms with Crippen LogP contribution >= 0.6 is 0 Å². The van der Waals surface area contributed by atoms with Crippen molar-refractivity contribution in [2.45, 2.75) is 58.1 Å². The lowest BCUT2D eigenvalue weighted by Crippen LogP contribution is -2.37. The molecule has 1 saturated heterocycles. The van der Waals surface area contributed by atoms with E-state index in [-0.39, 0.29) is 5.60 Å². The highest BCUT2D eigenvalue weighted by atomic mass is 16.7. The molecule has 0 spiro atoms. The van der Waals surface area contributed by atoms with Crippen molar-refractivity contribution in [1.82, 2.24) is 5.32 Å². The van der Waals surface area contributed by atoms with E-state index in [9.17, 15) is 0 Å². The van der Waals surface area contributed by atoms with Gasteiger partial charge in [-0.3, -0.25) is 0 Å². The maximum Gasteiger partial charge on any atom is 0.231 e. The monoisotopic (exact) mass is 409 g/mol. The van der Waals surface area contributed by atoms with Crippen molar-refractivity contribution in [2.75, 3.05) is 19.9 Å². The largest absolute Gasteiger partial charge is 0.454 e. The van der Waals surface area contributed by atoms with Gasteiger partial charge in [0.25, 0.3) is 0 Å². The molecular formula is C26H35NO3. The Hall–Kier alpha value is -2.04. The molecule has 2 aromatic carbocycles. The first-order valence-corrected chi connectivity index (χ1v) is 11.4. The van der Waals surface area contributed by atoms with Gasteiger partial charge in [-0.1, -0.05) is 36.4 Å². The van der Waals surface area contributed by atoms with Gasteiger partial charge >= 0.3 is 0 Å². The molecule has 4 heteroatoms. The molecule has 0 bridgehead atoms. The second-order valence-electron chi connectivity index (χ2n) is 9.32. The highest BCUT2D eigenvalue weighted by Gasteiger charge is 2.33. The Kier molecular flexibility index (Phi) is 6.96. The van der Waals surface area contributed by atoms with Gasteiger partial charge in [0.15, 0.2) is 11.5 Å². The number of fused-ring (bicyclic) bond motifs is 1. The summed E-state index contributed by atoms with van der Waals surface area (Å²) in [4.78, 5) is 0. The molecule has 1 N–H and O–H groups in total. The van der Waals surface area contributed by atoms with E-state index in [1.807, 2.05) is 6.07 Å². The standard InChI is InChI=1S/C26H35NO3/c1-26(2)17-23(12-14-30-26)22(15-20-7-4-3-5-8-20)9-6-13-27-18-21-10-11-24-25(16-21)29-19-28-24/h3-5,7-8,10-11,16,22-23,27H,6,9,12-15,17-19H2,1-2H3/t22-,23+/m0/s1. The van der Waals surface area contributed by atoms with Crippen molar-refractivity contribution in [3.8, 4) is 11.5 Å². The normalized spacial score (nSPS) is 20.8. The Bertz CT molecular complexity index is 805.